The summed E-state index contributed by atoms with van der Waals surface area (Å²) in [6.07, 6.45) is 1.19. The van der Waals surface area contributed by atoms with Crippen LogP contribution in [0.2, 0.25) is 0 Å². The van der Waals surface area contributed by atoms with Gasteiger partial charge in [-0.2, -0.15) is 0 Å². The van der Waals surface area contributed by atoms with Crippen LogP contribution in [0.1, 0.15) is 49.7 Å². The summed E-state index contributed by atoms with van der Waals surface area (Å²) in [5.74, 6) is -1.26. The fraction of sp³-hybridized carbons (Fsp3) is 0.400. The van der Waals surface area contributed by atoms with Crippen molar-refractivity contribution < 1.29 is 24.2 Å². The molecule has 7 nitrogen and oxygen atoms in total. The Balaban J connectivity index is 1.35. The van der Waals surface area contributed by atoms with Crippen LogP contribution < -0.4 is 5.32 Å². The molecule has 2 N–H and O–H groups in total. The van der Waals surface area contributed by atoms with E-state index in [1.165, 1.54) is 4.90 Å². The van der Waals surface area contributed by atoms with E-state index in [0.29, 0.717) is 25.8 Å². The number of hydrogen-bond acceptors (Lipinski definition) is 4. The highest BCUT2D eigenvalue weighted by atomic mass is 16.5. The SMILES string of the molecule is CCC(CC(=O)N1CCCC1C(=O)O)NC(=O)OCC1c2ccccc2-c2ccccc21. The molecule has 1 heterocycles. The van der Waals surface area contributed by atoms with Crippen LogP contribution in [-0.2, 0) is 14.3 Å². The lowest BCUT2D eigenvalue weighted by Gasteiger charge is -2.24. The largest absolute Gasteiger partial charge is 0.480 e. The summed E-state index contributed by atoms with van der Waals surface area (Å²) in [5.41, 5.74) is 4.59. The van der Waals surface area contributed by atoms with Crippen LogP contribution >= 0.6 is 0 Å². The summed E-state index contributed by atoms with van der Waals surface area (Å²) in [6.45, 7) is 2.52. The number of likely N-dealkylation sites (tertiary alicyclic amines) is 1. The van der Waals surface area contributed by atoms with Crippen molar-refractivity contribution in [2.24, 2.45) is 0 Å². The Bertz CT molecular complexity index is 975. The molecule has 2 aromatic rings. The smallest absolute Gasteiger partial charge is 0.407 e. The van der Waals surface area contributed by atoms with E-state index in [2.05, 4.69) is 29.6 Å². The molecular formula is C25H28N2O5. The number of carboxylic acids is 1. The maximum Gasteiger partial charge on any atom is 0.407 e. The van der Waals surface area contributed by atoms with Gasteiger partial charge in [-0.3, -0.25) is 4.79 Å². The van der Waals surface area contributed by atoms with Crippen molar-refractivity contribution in [3.63, 3.8) is 0 Å². The van der Waals surface area contributed by atoms with E-state index < -0.39 is 24.1 Å². The van der Waals surface area contributed by atoms with Crippen LogP contribution in [0.3, 0.4) is 0 Å². The van der Waals surface area contributed by atoms with Gasteiger partial charge in [0.1, 0.15) is 12.6 Å². The zero-order chi connectivity index (χ0) is 22.7. The van der Waals surface area contributed by atoms with E-state index >= 15 is 0 Å². The minimum absolute atomic E-state index is 0.0317. The van der Waals surface area contributed by atoms with E-state index in [1.54, 1.807) is 0 Å². The van der Waals surface area contributed by atoms with Crippen molar-refractivity contribution in [3.8, 4) is 11.1 Å². The Morgan fingerprint density at radius 2 is 1.72 bits per heavy atom. The first-order chi connectivity index (χ1) is 15.5. The Kier molecular flexibility index (Phi) is 6.44. The van der Waals surface area contributed by atoms with Gasteiger partial charge in [-0.15, -0.1) is 0 Å². The molecule has 0 spiro atoms. The second-order valence-electron chi connectivity index (χ2n) is 8.36. The molecule has 0 bridgehead atoms. The van der Waals surface area contributed by atoms with Crippen molar-refractivity contribution in [2.45, 2.75) is 50.6 Å². The molecule has 0 saturated carbocycles. The molecule has 1 fully saturated rings. The molecule has 2 aromatic carbocycles. The van der Waals surface area contributed by atoms with Crippen LogP contribution in [0, 0.1) is 0 Å². The Morgan fingerprint density at radius 3 is 2.31 bits per heavy atom. The fourth-order valence-electron chi connectivity index (χ4n) is 4.75. The zero-order valence-corrected chi connectivity index (χ0v) is 18.1. The number of amides is 2. The van der Waals surface area contributed by atoms with Crippen molar-refractivity contribution >= 4 is 18.0 Å². The van der Waals surface area contributed by atoms with E-state index in [-0.39, 0.29) is 24.9 Å². The number of hydrogen-bond donors (Lipinski definition) is 2. The number of carbonyl (C=O) groups is 3. The molecule has 1 aliphatic heterocycles. The van der Waals surface area contributed by atoms with Crippen LogP contribution in [0.5, 0.6) is 0 Å². The van der Waals surface area contributed by atoms with Gasteiger partial charge in [-0.05, 0) is 41.5 Å². The number of nitrogens with one attached hydrogen (secondary N) is 1. The monoisotopic (exact) mass is 436 g/mol. The Hall–Kier alpha value is -3.35. The second kappa shape index (κ2) is 9.42. The summed E-state index contributed by atoms with van der Waals surface area (Å²) >= 11 is 0. The predicted octanol–water partition coefficient (Wildman–Crippen LogP) is 3.77. The van der Waals surface area contributed by atoms with Gasteiger partial charge in [0.05, 0.1) is 0 Å². The maximum atomic E-state index is 12.6. The molecule has 0 aromatic heterocycles. The zero-order valence-electron chi connectivity index (χ0n) is 18.1. The summed E-state index contributed by atoms with van der Waals surface area (Å²) < 4.78 is 5.57. The average molecular weight is 437 g/mol. The normalized spacial score (nSPS) is 18.0. The lowest BCUT2D eigenvalue weighted by molar-refractivity contribution is -0.148. The first-order valence-electron chi connectivity index (χ1n) is 11.1. The molecule has 1 saturated heterocycles. The molecule has 7 heteroatoms. The predicted molar refractivity (Wildman–Crippen MR) is 119 cm³/mol. The van der Waals surface area contributed by atoms with Gasteiger partial charge in [0.15, 0.2) is 0 Å². The van der Waals surface area contributed by atoms with Gasteiger partial charge in [-0.1, -0.05) is 55.5 Å². The number of nitrogens with zero attached hydrogens (tertiary/aromatic N) is 1. The van der Waals surface area contributed by atoms with E-state index in [1.807, 2.05) is 31.2 Å². The minimum atomic E-state index is -0.978. The minimum Gasteiger partial charge on any atom is -0.480 e. The molecule has 32 heavy (non-hydrogen) atoms. The van der Waals surface area contributed by atoms with Crippen molar-refractivity contribution in [1.29, 1.82) is 0 Å². The average Bonchev–Trinajstić information content (AvgIpc) is 3.41. The molecule has 2 amide bonds. The summed E-state index contributed by atoms with van der Waals surface area (Å²) in [7, 11) is 0. The lowest BCUT2D eigenvalue weighted by Crippen LogP contribution is -2.44. The number of rotatable bonds is 7. The van der Waals surface area contributed by atoms with E-state index in [4.69, 9.17) is 4.74 Å². The third-order valence-electron chi connectivity index (χ3n) is 6.44. The highest BCUT2D eigenvalue weighted by Gasteiger charge is 2.35. The number of ether oxygens (including phenoxy) is 1. The third kappa shape index (κ3) is 4.33. The number of benzene rings is 2. The summed E-state index contributed by atoms with van der Waals surface area (Å²) in [6, 6.07) is 15.1. The molecule has 0 radical (unpaired) electrons. The highest BCUT2D eigenvalue weighted by Crippen LogP contribution is 2.44. The molecule has 2 unspecified atom stereocenters. The van der Waals surface area contributed by atoms with E-state index in [9.17, 15) is 19.5 Å². The first-order valence-corrected chi connectivity index (χ1v) is 11.1. The molecule has 168 valence electrons. The molecule has 2 aliphatic rings. The number of aliphatic carboxylic acids is 1. The van der Waals surface area contributed by atoms with Gasteiger partial charge in [0, 0.05) is 24.9 Å². The van der Waals surface area contributed by atoms with Gasteiger partial charge < -0.3 is 20.1 Å². The third-order valence-corrected chi connectivity index (χ3v) is 6.44. The van der Waals surface area contributed by atoms with Gasteiger partial charge >= 0.3 is 12.1 Å². The highest BCUT2D eigenvalue weighted by molar-refractivity contribution is 5.85. The van der Waals surface area contributed by atoms with Crippen LogP contribution in [0.4, 0.5) is 4.79 Å². The summed E-state index contributed by atoms with van der Waals surface area (Å²) in [4.78, 5) is 37.9. The number of carbonyl (C=O) groups excluding carboxylic acids is 2. The number of fused-ring (bicyclic) bond motifs is 3. The van der Waals surface area contributed by atoms with Gasteiger partial charge in [0.25, 0.3) is 0 Å². The topological polar surface area (TPSA) is 95.9 Å². The van der Waals surface area contributed by atoms with Crippen LogP contribution in [0.25, 0.3) is 11.1 Å². The van der Waals surface area contributed by atoms with Crippen molar-refractivity contribution in [1.82, 2.24) is 10.2 Å². The second-order valence-corrected chi connectivity index (χ2v) is 8.36. The van der Waals surface area contributed by atoms with Gasteiger partial charge in [-0.25, -0.2) is 9.59 Å². The lowest BCUT2D eigenvalue weighted by atomic mass is 9.98. The molecule has 4 rings (SSSR count). The van der Waals surface area contributed by atoms with Crippen LogP contribution in [-0.4, -0.2) is 53.2 Å². The quantitative estimate of drug-likeness (QED) is 0.689. The number of alkyl carbamates (subject to hydrolysis) is 1. The van der Waals surface area contributed by atoms with E-state index in [0.717, 1.165) is 22.3 Å². The summed E-state index contributed by atoms with van der Waals surface area (Å²) in [5, 5.41) is 12.1. The van der Waals surface area contributed by atoms with Crippen LogP contribution in [0.15, 0.2) is 48.5 Å². The first kappa shape index (κ1) is 21.9. The fourth-order valence-corrected chi connectivity index (χ4v) is 4.75. The standard InChI is InChI=1S/C25H28N2O5/c1-2-16(14-23(28)27-13-7-12-22(27)24(29)30)26-25(31)32-15-21-19-10-5-3-8-17(19)18-9-4-6-11-20(18)21/h3-6,8-11,16,21-22H,2,7,12-15H2,1H3,(H,26,31)(H,29,30). The molecule has 1 aliphatic carbocycles. The Morgan fingerprint density at radius 1 is 1.09 bits per heavy atom. The maximum absolute atomic E-state index is 12.6. The molecular weight excluding hydrogens is 408 g/mol. The van der Waals surface area contributed by atoms with Gasteiger partial charge in [0.2, 0.25) is 5.91 Å². The Labute approximate surface area is 187 Å². The van der Waals surface area contributed by atoms with Crippen molar-refractivity contribution in [3.05, 3.63) is 59.7 Å². The van der Waals surface area contributed by atoms with Crippen molar-refractivity contribution in [2.75, 3.05) is 13.2 Å². The number of carboxylic acid groups (broad SMARTS) is 1. The molecule has 2 atom stereocenters.